The summed E-state index contributed by atoms with van der Waals surface area (Å²) >= 11 is 0. The molecule has 2 atom stereocenters. The van der Waals surface area contributed by atoms with Crippen LogP contribution in [-0.4, -0.2) is 19.2 Å². The maximum absolute atomic E-state index is 13.3. The molecule has 0 amide bonds. The molecule has 0 radical (unpaired) electrons. The summed E-state index contributed by atoms with van der Waals surface area (Å²) in [5.74, 6) is 0.0869. The predicted molar refractivity (Wildman–Crippen MR) is 57.5 cm³/mol. The molecule has 2 rings (SSSR count). The highest BCUT2D eigenvalue weighted by Crippen LogP contribution is 2.25. The molecule has 0 saturated heterocycles. The molecule has 0 bridgehead atoms. The zero-order valence-corrected chi connectivity index (χ0v) is 8.87. The summed E-state index contributed by atoms with van der Waals surface area (Å²) in [4.78, 5) is 0. The molecule has 1 fully saturated rings. The monoisotopic (exact) mass is 209 g/mol. The fraction of sp³-hybridized carbons (Fsp3) is 0.500. The first-order valence-electron chi connectivity index (χ1n) is 5.39. The second-order valence-corrected chi connectivity index (χ2v) is 3.91. The second kappa shape index (κ2) is 4.62. The Labute approximate surface area is 89.4 Å². The lowest BCUT2D eigenvalue weighted by atomic mass is 10.2. The van der Waals surface area contributed by atoms with Crippen LogP contribution in [0.1, 0.15) is 19.3 Å². The van der Waals surface area contributed by atoms with E-state index in [2.05, 4.69) is 5.32 Å². The first-order valence-corrected chi connectivity index (χ1v) is 5.39. The Hall–Kier alpha value is -1.09. The summed E-state index contributed by atoms with van der Waals surface area (Å²) in [5, 5.41) is 3.21. The molecule has 1 aliphatic rings. The molecule has 1 N–H and O–H groups in total. The largest absolute Gasteiger partial charge is 0.486 e. The second-order valence-electron chi connectivity index (χ2n) is 3.91. The van der Waals surface area contributed by atoms with E-state index < -0.39 is 0 Å². The Bertz CT molecular complexity index is 329. The fourth-order valence-corrected chi connectivity index (χ4v) is 2.10. The lowest BCUT2D eigenvalue weighted by Gasteiger charge is -2.20. The number of benzene rings is 1. The van der Waals surface area contributed by atoms with Crippen molar-refractivity contribution in [2.45, 2.75) is 31.4 Å². The summed E-state index contributed by atoms with van der Waals surface area (Å²) < 4.78 is 19.0. The molecule has 0 aliphatic heterocycles. The SMILES string of the molecule is CNC1CCCC1Oc1ccccc1F. The minimum Gasteiger partial charge on any atom is -0.486 e. The van der Waals surface area contributed by atoms with E-state index in [1.54, 1.807) is 18.2 Å². The van der Waals surface area contributed by atoms with Crippen LogP contribution in [0.4, 0.5) is 4.39 Å². The molecule has 1 saturated carbocycles. The van der Waals surface area contributed by atoms with Crippen LogP contribution < -0.4 is 10.1 Å². The Morgan fingerprint density at radius 1 is 1.33 bits per heavy atom. The number of para-hydroxylation sites is 1. The van der Waals surface area contributed by atoms with E-state index in [-0.39, 0.29) is 11.9 Å². The lowest BCUT2D eigenvalue weighted by Crippen LogP contribution is -2.36. The van der Waals surface area contributed by atoms with Crippen LogP contribution >= 0.6 is 0 Å². The van der Waals surface area contributed by atoms with Gasteiger partial charge < -0.3 is 10.1 Å². The average molecular weight is 209 g/mol. The highest BCUT2D eigenvalue weighted by atomic mass is 19.1. The van der Waals surface area contributed by atoms with Gasteiger partial charge >= 0.3 is 0 Å². The standard InChI is InChI=1S/C12H16FNO/c1-14-10-6-4-8-12(10)15-11-7-3-2-5-9(11)13/h2-3,5,7,10,12,14H,4,6,8H2,1H3. The fourth-order valence-electron chi connectivity index (χ4n) is 2.10. The number of ether oxygens (including phenoxy) is 1. The van der Waals surface area contributed by atoms with E-state index in [4.69, 9.17) is 4.74 Å². The van der Waals surface area contributed by atoms with Crippen LogP contribution in [0, 0.1) is 5.82 Å². The third-order valence-corrected chi connectivity index (χ3v) is 2.94. The Kier molecular flexibility index (Phi) is 3.21. The number of hydrogen-bond acceptors (Lipinski definition) is 2. The van der Waals surface area contributed by atoms with Crippen LogP contribution in [-0.2, 0) is 0 Å². The molecule has 0 aromatic heterocycles. The van der Waals surface area contributed by atoms with E-state index in [0.717, 1.165) is 19.3 Å². The van der Waals surface area contributed by atoms with Gasteiger partial charge in [-0.15, -0.1) is 0 Å². The number of likely N-dealkylation sites (N-methyl/N-ethyl adjacent to an activating group) is 1. The van der Waals surface area contributed by atoms with Crippen molar-refractivity contribution in [3.05, 3.63) is 30.1 Å². The number of hydrogen-bond donors (Lipinski definition) is 1. The minimum atomic E-state index is -0.278. The molecule has 15 heavy (non-hydrogen) atoms. The van der Waals surface area contributed by atoms with Crippen molar-refractivity contribution in [3.63, 3.8) is 0 Å². The number of halogens is 1. The maximum Gasteiger partial charge on any atom is 0.165 e. The van der Waals surface area contributed by atoms with E-state index in [1.807, 2.05) is 7.05 Å². The van der Waals surface area contributed by atoms with Gasteiger partial charge in [-0.2, -0.15) is 0 Å². The van der Waals surface area contributed by atoms with Gasteiger partial charge in [0.05, 0.1) is 0 Å². The molecule has 0 spiro atoms. The van der Waals surface area contributed by atoms with E-state index in [1.165, 1.54) is 6.07 Å². The van der Waals surface area contributed by atoms with Crippen molar-refractivity contribution in [1.82, 2.24) is 5.32 Å². The predicted octanol–water partition coefficient (Wildman–Crippen LogP) is 2.35. The normalized spacial score (nSPS) is 25.5. The minimum absolute atomic E-state index is 0.104. The molecule has 3 heteroatoms. The van der Waals surface area contributed by atoms with Crippen molar-refractivity contribution < 1.29 is 9.13 Å². The summed E-state index contributed by atoms with van der Waals surface area (Å²) in [7, 11) is 1.92. The summed E-state index contributed by atoms with van der Waals surface area (Å²) in [5.41, 5.74) is 0. The van der Waals surface area contributed by atoms with E-state index >= 15 is 0 Å². The maximum atomic E-state index is 13.3. The first kappa shape index (κ1) is 10.4. The molecule has 1 aromatic rings. The van der Waals surface area contributed by atoms with Crippen LogP contribution in [0.25, 0.3) is 0 Å². The van der Waals surface area contributed by atoms with Gasteiger partial charge in [-0.1, -0.05) is 12.1 Å². The number of rotatable bonds is 3. The van der Waals surface area contributed by atoms with Gasteiger partial charge in [0.1, 0.15) is 6.10 Å². The third kappa shape index (κ3) is 2.29. The van der Waals surface area contributed by atoms with Crippen molar-refractivity contribution >= 4 is 0 Å². The Balaban J connectivity index is 2.05. The van der Waals surface area contributed by atoms with Crippen LogP contribution in [0.2, 0.25) is 0 Å². The molecule has 1 aliphatic carbocycles. The van der Waals surface area contributed by atoms with Gasteiger partial charge in [-0.25, -0.2) is 4.39 Å². The molecule has 2 nitrogen and oxygen atoms in total. The van der Waals surface area contributed by atoms with Gasteiger partial charge in [0.25, 0.3) is 0 Å². The van der Waals surface area contributed by atoms with E-state index in [0.29, 0.717) is 11.8 Å². The van der Waals surface area contributed by atoms with Crippen molar-refractivity contribution in [3.8, 4) is 5.75 Å². The molecule has 2 unspecified atom stereocenters. The van der Waals surface area contributed by atoms with Gasteiger partial charge in [0.2, 0.25) is 0 Å². The summed E-state index contributed by atoms with van der Waals surface area (Å²) in [6, 6.07) is 6.93. The molecule has 1 aromatic carbocycles. The Morgan fingerprint density at radius 3 is 2.87 bits per heavy atom. The van der Waals surface area contributed by atoms with Crippen molar-refractivity contribution in [2.75, 3.05) is 7.05 Å². The summed E-state index contributed by atoms with van der Waals surface area (Å²) in [6.45, 7) is 0. The summed E-state index contributed by atoms with van der Waals surface area (Å²) in [6.07, 6.45) is 3.35. The van der Waals surface area contributed by atoms with Gasteiger partial charge in [0.15, 0.2) is 11.6 Å². The topological polar surface area (TPSA) is 21.3 Å². The highest BCUT2D eigenvalue weighted by Gasteiger charge is 2.28. The van der Waals surface area contributed by atoms with Gasteiger partial charge in [-0.05, 0) is 38.4 Å². The molecule has 0 heterocycles. The lowest BCUT2D eigenvalue weighted by molar-refractivity contribution is 0.171. The number of nitrogens with one attached hydrogen (secondary N) is 1. The van der Waals surface area contributed by atoms with Gasteiger partial charge in [0, 0.05) is 6.04 Å². The van der Waals surface area contributed by atoms with Crippen LogP contribution in [0.5, 0.6) is 5.75 Å². The van der Waals surface area contributed by atoms with Crippen LogP contribution in [0.15, 0.2) is 24.3 Å². The third-order valence-electron chi connectivity index (χ3n) is 2.94. The zero-order chi connectivity index (χ0) is 10.7. The van der Waals surface area contributed by atoms with Crippen LogP contribution in [0.3, 0.4) is 0 Å². The quantitative estimate of drug-likeness (QED) is 0.825. The Morgan fingerprint density at radius 2 is 2.13 bits per heavy atom. The molecular formula is C12H16FNO. The van der Waals surface area contributed by atoms with E-state index in [9.17, 15) is 4.39 Å². The zero-order valence-electron chi connectivity index (χ0n) is 8.87. The molecular weight excluding hydrogens is 193 g/mol. The first-order chi connectivity index (χ1) is 7.31. The van der Waals surface area contributed by atoms with Crippen molar-refractivity contribution in [2.24, 2.45) is 0 Å². The van der Waals surface area contributed by atoms with Gasteiger partial charge in [-0.3, -0.25) is 0 Å². The average Bonchev–Trinajstić information content (AvgIpc) is 2.69. The smallest absolute Gasteiger partial charge is 0.165 e. The van der Waals surface area contributed by atoms with Crippen molar-refractivity contribution in [1.29, 1.82) is 0 Å². The highest BCUT2D eigenvalue weighted by molar-refractivity contribution is 5.24. The molecule has 82 valence electrons.